The fourth-order valence-corrected chi connectivity index (χ4v) is 14.9. The zero-order chi connectivity index (χ0) is 33.2. The average molecular weight is 710 g/mol. The molecule has 47 heavy (non-hydrogen) atoms. The van der Waals surface area contributed by atoms with Gasteiger partial charge in [-0.3, -0.25) is 0 Å². The Labute approximate surface area is 286 Å². The number of allylic oxidation sites excluding steroid dienone is 4. The van der Waals surface area contributed by atoms with Gasteiger partial charge in [-0.15, -0.1) is 0 Å². The van der Waals surface area contributed by atoms with E-state index in [1.807, 2.05) is 6.49 Å². The van der Waals surface area contributed by atoms with Crippen molar-refractivity contribution in [2.45, 2.75) is 44.9 Å². The van der Waals surface area contributed by atoms with Crippen molar-refractivity contribution in [3.63, 3.8) is 0 Å². The van der Waals surface area contributed by atoms with Crippen LogP contribution < -0.4 is 32.4 Å². The summed E-state index contributed by atoms with van der Waals surface area (Å²) in [5, 5.41) is 22.4. The first-order valence-corrected chi connectivity index (χ1v) is 19.7. The average Bonchev–Trinajstić information content (AvgIpc) is 3.79. The Morgan fingerprint density at radius 1 is 0.596 bits per heavy atom. The molecule has 6 nitrogen and oxygen atoms in total. The van der Waals surface area contributed by atoms with Gasteiger partial charge in [0.15, 0.2) is 0 Å². The third kappa shape index (κ3) is 7.90. The van der Waals surface area contributed by atoms with Crippen molar-refractivity contribution >= 4 is 6.48 Å². The summed E-state index contributed by atoms with van der Waals surface area (Å²) in [4.78, 5) is 0. The van der Waals surface area contributed by atoms with Crippen LogP contribution in [0.25, 0.3) is 11.1 Å². The number of methoxy groups -OCH3 is 4. The van der Waals surface area contributed by atoms with Gasteiger partial charge >= 0.3 is 159 Å². The molecule has 0 heterocycles. The Kier molecular flexibility index (Phi) is 12.1. The van der Waals surface area contributed by atoms with E-state index >= 15 is 0 Å². The van der Waals surface area contributed by atoms with Crippen molar-refractivity contribution in [2.24, 2.45) is 0 Å². The molecule has 7 heteroatoms. The van der Waals surface area contributed by atoms with Crippen LogP contribution in [0, 0.1) is 0 Å². The standard InChI is InChI=1S/C13H9.2C8H10O3.C6H10.C5H5.Zr/c1-3-7-12-10(5-1)9-11-6-2-4-8-13(11)12;2*1-10-6-4-3-5-7(11-2)8(6)9;1-2-4-6-5-3-1;1-2-4-5-3-1;/h1-5,7-8H,9H2;2*3-5,9H,1-2H3;1-5H2;1-3H,4H2;/q;;;;;+2/p-2. The number of para-hydroxylation sites is 2. The van der Waals surface area contributed by atoms with Crippen LogP contribution in [0.15, 0.2) is 100 Å². The Morgan fingerprint density at radius 2 is 1.13 bits per heavy atom. The van der Waals surface area contributed by atoms with E-state index in [4.69, 9.17) is 18.9 Å². The molecule has 1 fully saturated rings. The minimum absolute atomic E-state index is 0.211. The summed E-state index contributed by atoms with van der Waals surface area (Å²) in [5.74, 6) is 0.817. The quantitative estimate of drug-likeness (QED) is 0.188. The molecule has 0 amide bonds. The molecular weight excluding hydrogens is 668 g/mol. The Bertz CT molecular complexity index is 1680. The predicted octanol–water partition coefficient (Wildman–Crippen LogP) is 7.04. The van der Waals surface area contributed by atoms with Gasteiger partial charge in [0, 0.05) is 0 Å². The van der Waals surface area contributed by atoms with Crippen molar-refractivity contribution in [1.82, 2.24) is 0 Å². The molecule has 242 valence electrons. The van der Waals surface area contributed by atoms with E-state index in [9.17, 15) is 10.2 Å². The van der Waals surface area contributed by atoms with Crippen LogP contribution in [0.5, 0.6) is 34.5 Å². The third-order valence-corrected chi connectivity index (χ3v) is 16.7. The molecule has 0 saturated heterocycles. The summed E-state index contributed by atoms with van der Waals surface area (Å²) >= 11 is -1.91. The maximum Gasteiger partial charge on any atom is 0.114 e. The number of fused-ring (bicyclic) bond motifs is 3. The number of benzene rings is 4. The van der Waals surface area contributed by atoms with Crippen LogP contribution in [0.4, 0.5) is 0 Å². The van der Waals surface area contributed by atoms with Crippen LogP contribution in [-0.4, -0.2) is 31.6 Å². The van der Waals surface area contributed by atoms with E-state index in [2.05, 4.69) is 60.7 Å². The summed E-state index contributed by atoms with van der Waals surface area (Å²) < 4.78 is 24.7. The van der Waals surface area contributed by atoms with Crippen LogP contribution in [0.3, 0.4) is 0 Å². The van der Waals surface area contributed by atoms with E-state index in [1.165, 1.54) is 83.7 Å². The Balaban J connectivity index is 0.000000164. The maximum absolute atomic E-state index is 11.2. The van der Waals surface area contributed by atoms with Gasteiger partial charge in [-0.2, -0.15) is 0 Å². The topological polar surface area (TPSA) is 83.0 Å². The van der Waals surface area contributed by atoms with Gasteiger partial charge in [-0.25, -0.2) is 0 Å². The van der Waals surface area contributed by atoms with E-state index in [-0.39, 0.29) is 11.5 Å². The molecule has 0 bridgehead atoms. The van der Waals surface area contributed by atoms with E-state index in [0.29, 0.717) is 23.0 Å². The van der Waals surface area contributed by atoms with Crippen LogP contribution in [-0.2, 0) is 27.7 Å². The van der Waals surface area contributed by atoms with Crippen LogP contribution in [0.2, 0.25) is 0 Å². The van der Waals surface area contributed by atoms with Crippen LogP contribution in [0.1, 0.15) is 49.7 Å². The summed E-state index contributed by atoms with van der Waals surface area (Å²) in [6.07, 6.45) is 16.6. The van der Waals surface area contributed by atoms with Crippen molar-refractivity contribution in [3.8, 4) is 45.6 Å². The molecular formula is C40H42O6Zr. The first-order chi connectivity index (χ1) is 23.0. The molecule has 0 radical (unpaired) electrons. The number of rotatable bonds is 6. The number of ether oxygens (including phenoxy) is 4. The van der Waals surface area contributed by atoms with Gasteiger partial charge in [0.2, 0.25) is 0 Å². The largest absolute Gasteiger partial charge is 0.867 e. The van der Waals surface area contributed by atoms with E-state index in [1.54, 1.807) is 45.2 Å². The first kappa shape index (κ1) is 34.3. The van der Waals surface area contributed by atoms with Crippen LogP contribution >= 0.6 is 0 Å². The Morgan fingerprint density at radius 3 is 1.66 bits per heavy atom. The SMILES string of the molecule is C1=CC[C]([Zr+2](=[C]2CCCCC2)[c]2cccc3c2Cc2ccccc2-3)=C1.COc1cccc(OC)c1[O-].COc1cccc(OC)c1[O-]. The molecule has 0 spiro atoms. The second-order valence-corrected chi connectivity index (χ2v) is 18.0. The van der Waals surface area contributed by atoms with Crippen molar-refractivity contribution < 1.29 is 50.4 Å². The molecule has 3 aliphatic rings. The molecule has 3 aliphatic carbocycles. The minimum atomic E-state index is -1.91. The molecule has 0 N–H and O–H groups in total. The smallest absolute Gasteiger partial charge is 0.114 e. The monoisotopic (exact) mass is 708 g/mol. The van der Waals surface area contributed by atoms with Gasteiger partial charge in [0.25, 0.3) is 0 Å². The second kappa shape index (κ2) is 16.6. The summed E-state index contributed by atoms with van der Waals surface area (Å²) in [5.41, 5.74) is 6.20. The first-order valence-electron chi connectivity index (χ1n) is 16.0. The third-order valence-electron chi connectivity index (χ3n) is 8.79. The normalized spacial score (nSPS) is 13.8. The Hall–Kier alpha value is -4.09. The molecule has 0 unspecified atom stereocenters. The van der Waals surface area contributed by atoms with Gasteiger partial charge in [0.05, 0.1) is 28.4 Å². The van der Waals surface area contributed by atoms with Gasteiger partial charge in [-0.05, 0) is 35.8 Å². The molecule has 0 aromatic heterocycles. The number of hydrogen-bond acceptors (Lipinski definition) is 6. The zero-order valence-corrected chi connectivity index (χ0v) is 30.1. The summed E-state index contributed by atoms with van der Waals surface area (Å²) in [6, 6.07) is 26.1. The molecule has 0 atom stereocenters. The second-order valence-electron chi connectivity index (χ2n) is 11.5. The maximum atomic E-state index is 11.2. The van der Waals surface area contributed by atoms with Gasteiger partial charge < -0.3 is 29.2 Å². The zero-order valence-electron chi connectivity index (χ0n) is 27.6. The van der Waals surface area contributed by atoms with Crippen molar-refractivity contribution in [3.05, 3.63) is 111 Å². The molecule has 4 aromatic carbocycles. The molecule has 4 aromatic rings. The minimum Gasteiger partial charge on any atom is -0.867 e. The van der Waals surface area contributed by atoms with Gasteiger partial charge in [-0.1, -0.05) is 12.1 Å². The summed E-state index contributed by atoms with van der Waals surface area (Å²) in [7, 11) is 5.82. The molecule has 7 rings (SSSR count). The molecule has 0 aliphatic heterocycles. The summed E-state index contributed by atoms with van der Waals surface area (Å²) in [6.45, 7) is 0. The van der Waals surface area contributed by atoms with Crippen molar-refractivity contribution in [2.75, 3.05) is 28.4 Å². The fraction of sp³-hybridized carbons (Fsp3) is 0.275. The van der Waals surface area contributed by atoms with E-state index < -0.39 is 21.3 Å². The van der Waals surface area contributed by atoms with Gasteiger partial charge in [0.1, 0.15) is 23.0 Å². The van der Waals surface area contributed by atoms with E-state index in [0.717, 1.165) is 6.42 Å². The predicted molar refractivity (Wildman–Crippen MR) is 182 cm³/mol. The number of hydrogen-bond donors (Lipinski definition) is 0. The fourth-order valence-electron chi connectivity index (χ4n) is 6.48. The van der Waals surface area contributed by atoms with Crippen molar-refractivity contribution in [1.29, 1.82) is 0 Å². The molecule has 1 saturated carbocycles.